The third-order valence-corrected chi connectivity index (χ3v) is 6.94. The zero-order chi connectivity index (χ0) is 26.7. The fourth-order valence-electron chi connectivity index (χ4n) is 3.48. The van der Waals surface area contributed by atoms with E-state index in [1.165, 1.54) is 34.5 Å². The van der Waals surface area contributed by atoms with Gasteiger partial charge in [0.2, 0.25) is 5.13 Å². The van der Waals surface area contributed by atoms with Crippen LogP contribution < -0.4 is 15.6 Å². The molecule has 1 amide bonds. The number of carbonyl (C=O) groups is 1. The van der Waals surface area contributed by atoms with E-state index in [1.54, 1.807) is 13.2 Å². The van der Waals surface area contributed by atoms with E-state index in [-0.39, 0.29) is 28.1 Å². The molecule has 2 aromatic carbocycles. The van der Waals surface area contributed by atoms with Crippen molar-refractivity contribution in [1.82, 2.24) is 14.8 Å². The van der Waals surface area contributed by atoms with Gasteiger partial charge in [0.15, 0.2) is 0 Å². The molecule has 0 fully saturated rings. The Morgan fingerprint density at radius 3 is 2.51 bits per heavy atom. The van der Waals surface area contributed by atoms with Crippen LogP contribution >= 0.6 is 23.1 Å². The quantitative estimate of drug-likeness (QED) is 0.296. The van der Waals surface area contributed by atoms with Gasteiger partial charge in [-0.25, -0.2) is 0 Å². The minimum absolute atomic E-state index is 0.0234. The lowest BCUT2D eigenvalue weighted by Gasteiger charge is -2.14. The maximum absolute atomic E-state index is 13.2. The Labute approximate surface area is 218 Å². The van der Waals surface area contributed by atoms with Crippen LogP contribution in [0.25, 0.3) is 11.1 Å². The molecule has 0 spiro atoms. The van der Waals surface area contributed by atoms with Crippen LogP contribution in [0, 0.1) is 6.92 Å². The smallest absolute Gasteiger partial charge is 0.416 e. The molecule has 0 aliphatic carbocycles. The molecule has 37 heavy (non-hydrogen) atoms. The summed E-state index contributed by atoms with van der Waals surface area (Å²) in [6.45, 7) is 1.92. The number of thioether (sulfide) groups is 1. The molecule has 0 radical (unpaired) electrons. The van der Waals surface area contributed by atoms with Gasteiger partial charge in [-0.1, -0.05) is 34.9 Å². The lowest BCUT2D eigenvalue weighted by atomic mass is 9.99. The van der Waals surface area contributed by atoms with Crippen LogP contribution in [0.4, 0.5) is 18.3 Å². The molecular weight excluding hydrogens is 525 g/mol. The first-order valence-corrected chi connectivity index (χ1v) is 12.9. The lowest BCUT2D eigenvalue weighted by molar-refractivity contribution is -0.137. The summed E-state index contributed by atoms with van der Waals surface area (Å²) in [7, 11) is 1.62. The SMILES string of the molecule is CSc1ccc(C)cc1-c1cn(C)c(=O)cc1C(=O)Nc1nnc(OCc2ccc(C(F)(F)F)cc2)s1. The van der Waals surface area contributed by atoms with Gasteiger partial charge in [-0.2, -0.15) is 13.2 Å². The van der Waals surface area contributed by atoms with Gasteiger partial charge in [-0.05, 0) is 53.8 Å². The molecule has 0 aliphatic rings. The van der Waals surface area contributed by atoms with E-state index in [1.807, 2.05) is 31.4 Å². The largest absolute Gasteiger partial charge is 0.464 e. The van der Waals surface area contributed by atoms with Crippen LogP contribution in [0.5, 0.6) is 5.19 Å². The second-order valence-corrected chi connectivity index (χ2v) is 9.85. The Morgan fingerprint density at radius 1 is 1.11 bits per heavy atom. The van der Waals surface area contributed by atoms with Gasteiger partial charge in [-0.15, -0.1) is 16.9 Å². The van der Waals surface area contributed by atoms with Crippen LogP contribution in [0.3, 0.4) is 0 Å². The molecule has 0 saturated heterocycles. The number of alkyl halides is 3. The van der Waals surface area contributed by atoms with Gasteiger partial charge in [-0.3, -0.25) is 14.9 Å². The summed E-state index contributed by atoms with van der Waals surface area (Å²) in [5.74, 6) is -0.535. The topological polar surface area (TPSA) is 86.1 Å². The predicted octanol–water partition coefficient (Wildman–Crippen LogP) is 5.78. The number of pyridine rings is 1. The zero-order valence-corrected chi connectivity index (χ0v) is 21.6. The van der Waals surface area contributed by atoms with Gasteiger partial charge in [0.25, 0.3) is 16.7 Å². The lowest BCUT2D eigenvalue weighted by Crippen LogP contribution is -2.21. The highest BCUT2D eigenvalue weighted by atomic mass is 32.2. The summed E-state index contributed by atoms with van der Waals surface area (Å²) in [5, 5.41) is 10.7. The van der Waals surface area contributed by atoms with Crippen molar-refractivity contribution < 1.29 is 22.7 Å². The Kier molecular flexibility index (Phi) is 7.69. The van der Waals surface area contributed by atoms with Crippen LogP contribution in [0.15, 0.2) is 64.4 Å². The monoisotopic (exact) mass is 546 g/mol. The first kappa shape index (κ1) is 26.4. The van der Waals surface area contributed by atoms with Crippen LogP contribution in [0.1, 0.15) is 27.0 Å². The van der Waals surface area contributed by atoms with Gasteiger partial charge in [0, 0.05) is 29.8 Å². The molecule has 0 aliphatic heterocycles. The maximum atomic E-state index is 13.2. The number of hydrogen-bond acceptors (Lipinski definition) is 7. The molecule has 192 valence electrons. The van der Waals surface area contributed by atoms with Crippen molar-refractivity contribution in [2.24, 2.45) is 7.05 Å². The highest BCUT2D eigenvalue weighted by molar-refractivity contribution is 7.98. The Bertz CT molecular complexity index is 1500. The van der Waals surface area contributed by atoms with Gasteiger partial charge in [0.1, 0.15) is 6.61 Å². The number of ether oxygens (including phenoxy) is 1. The number of carbonyl (C=O) groups excluding carboxylic acids is 1. The summed E-state index contributed by atoms with van der Waals surface area (Å²) < 4.78 is 45.1. The second-order valence-electron chi connectivity index (χ2n) is 8.06. The summed E-state index contributed by atoms with van der Waals surface area (Å²) >= 11 is 2.49. The van der Waals surface area contributed by atoms with Crippen molar-refractivity contribution in [1.29, 1.82) is 0 Å². The molecule has 0 bridgehead atoms. The molecule has 0 unspecified atom stereocenters. The van der Waals surface area contributed by atoms with Crippen molar-refractivity contribution in [2.75, 3.05) is 11.6 Å². The third kappa shape index (κ3) is 6.20. The van der Waals surface area contributed by atoms with Crippen LogP contribution in [0.2, 0.25) is 0 Å². The van der Waals surface area contributed by atoms with E-state index < -0.39 is 17.6 Å². The standard InChI is InChI=1S/C25H21F3N4O3S2/c1-14-4-9-20(36-3)17(10-14)19-12-32(2)21(33)11-18(19)22(34)29-23-30-31-24(37-23)35-13-15-5-7-16(8-6-15)25(26,27)28/h4-12H,13H2,1-3H3,(H,29,30,34). The normalized spacial score (nSPS) is 11.4. The molecule has 2 aromatic heterocycles. The molecule has 12 heteroatoms. The van der Waals surface area contributed by atoms with Crippen molar-refractivity contribution in [2.45, 2.75) is 24.6 Å². The molecule has 0 atom stereocenters. The van der Waals surface area contributed by atoms with Crippen molar-refractivity contribution in [3.8, 4) is 16.3 Å². The molecule has 0 saturated carbocycles. The predicted molar refractivity (Wildman–Crippen MR) is 137 cm³/mol. The fraction of sp³-hybridized carbons (Fsp3) is 0.200. The number of hydrogen-bond donors (Lipinski definition) is 1. The number of nitrogens with one attached hydrogen (secondary N) is 1. The van der Waals surface area contributed by atoms with Crippen LogP contribution in [-0.4, -0.2) is 26.9 Å². The van der Waals surface area contributed by atoms with Crippen molar-refractivity contribution in [3.63, 3.8) is 0 Å². The van der Waals surface area contributed by atoms with Gasteiger partial charge in [0.05, 0.1) is 11.1 Å². The number of rotatable bonds is 7. The molecule has 4 rings (SSSR count). The molecule has 1 N–H and O–H groups in total. The average molecular weight is 547 g/mol. The Morgan fingerprint density at radius 2 is 1.84 bits per heavy atom. The molecule has 2 heterocycles. The van der Waals surface area contributed by atoms with Gasteiger partial charge < -0.3 is 9.30 Å². The number of benzene rings is 2. The minimum atomic E-state index is -4.41. The number of nitrogens with zero attached hydrogens (tertiary/aromatic N) is 3. The average Bonchev–Trinajstić information content (AvgIpc) is 3.31. The Hall–Kier alpha value is -3.64. The summed E-state index contributed by atoms with van der Waals surface area (Å²) in [5.41, 5.74) is 2.04. The van der Waals surface area contributed by atoms with Crippen molar-refractivity contribution in [3.05, 3.63) is 87.3 Å². The highest BCUT2D eigenvalue weighted by Crippen LogP contribution is 2.34. The Balaban J connectivity index is 1.52. The number of amides is 1. The third-order valence-electron chi connectivity index (χ3n) is 5.39. The first-order valence-electron chi connectivity index (χ1n) is 10.8. The molecule has 4 aromatic rings. The first-order chi connectivity index (χ1) is 17.5. The number of aromatic nitrogens is 3. The summed E-state index contributed by atoms with van der Waals surface area (Å²) in [6.07, 6.45) is -0.849. The summed E-state index contributed by atoms with van der Waals surface area (Å²) in [6, 6.07) is 11.8. The van der Waals surface area contributed by atoms with E-state index in [0.29, 0.717) is 11.1 Å². The number of anilines is 1. The molecule has 7 nitrogen and oxygen atoms in total. The number of halogens is 3. The van der Waals surface area contributed by atoms with Gasteiger partial charge >= 0.3 is 6.18 Å². The molecular formula is C25H21F3N4O3S2. The van der Waals surface area contributed by atoms with E-state index >= 15 is 0 Å². The maximum Gasteiger partial charge on any atom is 0.416 e. The fourth-order valence-corrected chi connectivity index (χ4v) is 4.67. The van der Waals surface area contributed by atoms with Crippen LogP contribution in [-0.2, 0) is 19.8 Å². The van der Waals surface area contributed by atoms with Crippen molar-refractivity contribution >= 4 is 34.1 Å². The van der Waals surface area contributed by atoms with E-state index in [4.69, 9.17) is 4.74 Å². The van der Waals surface area contributed by atoms with E-state index in [0.717, 1.165) is 39.5 Å². The van der Waals surface area contributed by atoms with E-state index in [9.17, 15) is 22.8 Å². The zero-order valence-electron chi connectivity index (χ0n) is 19.9. The summed E-state index contributed by atoms with van der Waals surface area (Å²) in [4.78, 5) is 26.5. The van der Waals surface area contributed by atoms with E-state index in [2.05, 4.69) is 15.5 Å². The highest BCUT2D eigenvalue weighted by Gasteiger charge is 2.30. The minimum Gasteiger partial charge on any atom is -0.464 e. The number of aryl methyl sites for hydroxylation is 2. The second kappa shape index (κ2) is 10.8.